The van der Waals surface area contributed by atoms with Gasteiger partial charge in [0.1, 0.15) is 18.8 Å². The van der Waals surface area contributed by atoms with Gasteiger partial charge in [-0.3, -0.25) is 0 Å². The van der Waals surface area contributed by atoms with Gasteiger partial charge in [0, 0.05) is 14.1 Å². The summed E-state index contributed by atoms with van der Waals surface area (Å²) in [7, 11) is 3.64. The lowest BCUT2D eigenvalue weighted by atomic mass is 10.0. The van der Waals surface area contributed by atoms with Crippen molar-refractivity contribution < 1.29 is 33.3 Å². The van der Waals surface area contributed by atoms with E-state index in [1.165, 1.54) is 0 Å². The highest BCUT2D eigenvalue weighted by atomic mass is 16.6. The lowest BCUT2D eigenvalue weighted by Gasteiger charge is -2.24. The highest BCUT2D eigenvalue weighted by molar-refractivity contribution is 5.91. The minimum Gasteiger partial charge on any atom is -0.459 e. The van der Waals surface area contributed by atoms with Gasteiger partial charge >= 0.3 is 17.9 Å². The molecule has 12 heteroatoms. The first-order valence-corrected chi connectivity index (χ1v) is 14.8. The minimum absolute atomic E-state index is 0.180. The van der Waals surface area contributed by atoms with E-state index >= 15 is 0 Å². The molecule has 0 aliphatic carbocycles. The standard InChI is InChI=1S/C35H31N5O7/c1-39(2)22-37-35-36-20-26-18-19-27(40(26)38-35)29-31(47-34(43)25-16-10-5-11-17-25)30(46-33(42)24-14-8-4-9-15-24)28(45-29)21-44-32(41)23-12-6-3-7-13-23/h3-20,22,28-31H,21H2,1-2H3/b37-22+. The molecule has 0 radical (unpaired) electrons. The van der Waals surface area contributed by atoms with Crippen molar-refractivity contribution in [3.8, 4) is 0 Å². The number of ether oxygens (including phenoxy) is 4. The number of rotatable bonds is 10. The maximum Gasteiger partial charge on any atom is 0.338 e. The maximum atomic E-state index is 13.5. The molecule has 0 amide bonds. The van der Waals surface area contributed by atoms with Crippen molar-refractivity contribution in [1.29, 1.82) is 0 Å². The molecule has 1 fully saturated rings. The number of hydrogen-bond acceptors (Lipinski definition) is 10. The number of esters is 3. The van der Waals surface area contributed by atoms with Gasteiger partial charge < -0.3 is 23.8 Å². The van der Waals surface area contributed by atoms with E-state index in [9.17, 15) is 14.4 Å². The Kier molecular flexibility index (Phi) is 9.30. The number of carbonyl (C=O) groups excluding carboxylic acids is 3. The molecule has 1 aliphatic rings. The maximum absolute atomic E-state index is 13.5. The van der Waals surface area contributed by atoms with Crippen LogP contribution in [0.1, 0.15) is 42.9 Å². The molecule has 12 nitrogen and oxygen atoms in total. The second-order valence-corrected chi connectivity index (χ2v) is 10.9. The van der Waals surface area contributed by atoms with Crippen molar-refractivity contribution in [3.63, 3.8) is 0 Å². The molecule has 6 rings (SSSR count). The molecule has 0 saturated carbocycles. The van der Waals surface area contributed by atoms with Crippen molar-refractivity contribution in [2.24, 2.45) is 4.99 Å². The third-order valence-electron chi connectivity index (χ3n) is 7.31. The second kappa shape index (κ2) is 14.0. The fourth-order valence-corrected chi connectivity index (χ4v) is 5.07. The Morgan fingerprint density at radius 1 is 0.787 bits per heavy atom. The summed E-state index contributed by atoms with van der Waals surface area (Å²) in [6.07, 6.45) is -1.20. The molecule has 3 heterocycles. The lowest BCUT2D eigenvalue weighted by molar-refractivity contribution is -0.0452. The smallest absolute Gasteiger partial charge is 0.338 e. The zero-order valence-corrected chi connectivity index (χ0v) is 25.6. The van der Waals surface area contributed by atoms with Gasteiger partial charge in [-0.25, -0.2) is 28.9 Å². The largest absolute Gasteiger partial charge is 0.459 e. The van der Waals surface area contributed by atoms with Gasteiger partial charge in [0.2, 0.25) is 0 Å². The number of aliphatic imine (C=N–C) groups is 1. The molecular formula is C35H31N5O7. The van der Waals surface area contributed by atoms with Crippen LogP contribution >= 0.6 is 0 Å². The summed E-state index contributed by atoms with van der Waals surface area (Å²) in [5, 5.41) is 4.56. The summed E-state index contributed by atoms with van der Waals surface area (Å²) in [5.41, 5.74) is 2.02. The molecule has 1 saturated heterocycles. The first kappa shape index (κ1) is 31.1. The summed E-state index contributed by atoms with van der Waals surface area (Å²) >= 11 is 0. The van der Waals surface area contributed by atoms with Crippen LogP contribution in [0.25, 0.3) is 5.52 Å². The number of carbonyl (C=O) groups is 3. The SMILES string of the molecule is CN(C)/C=N/c1ncc2ccc(C3OC(COC(=O)c4ccccc4)C(OC(=O)c4ccccc4)C3OC(=O)c3ccccc3)n2n1. The molecule has 5 aromatic rings. The first-order valence-electron chi connectivity index (χ1n) is 14.8. The number of nitrogens with zero attached hydrogens (tertiary/aromatic N) is 5. The van der Waals surface area contributed by atoms with Gasteiger partial charge in [-0.2, -0.15) is 0 Å². The van der Waals surface area contributed by atoms with Gasteiger partial charge in [0.15, 0.2) is 12.2 Å². The molecule has 47 heavy (non-hydrogen) atoms. The van der Waals surface area contributed by atoms with E-state index in [0.717, 1.165) is 0 Å². The lowest BCUT2D eigenvalue weighted by Crippen LogP contribution is -2.41. The predicted octanol–water partition coefficient (Wildman–Crippen LogP) is 4.70. The minimum atomic E-state index is -1.18. The average Bonchev–Trinajstić information content (AvgIpc) is 3.67. The van der Waals surface area contributed by atoms with Crippen molar-refractivity contribution in [2.75, 3.05) is 20.7 Å². The van der Waals surface area contributed by atoms with Crippen LogP contribution in [0, 0.1) is 0 Å². The van der Waals surface area contributed by atoms with E-state index in [1.54, 1.807) is 125 Å². The van der Waals surface area contributed by atoms with Gasteiger partial charge in [-0.05, 0) is 48.5 Å². The summed E-state index contributed by atoms with van der Waals surface area (Å²) in [6.45, 7) is -0.299. The molecule has 238 valence electrons. The summed E-state index contributed by atoms with van der Waals surface area (Å²) in [5.74, 6) is -1.73. The van der Waals surface area contributed by atoms with Gasteiger partial charge in [0.25, 0.3) is 5.95 Å². The molecule has 4 atom stereocenters. The van der Waals surface area contributed by atoms with Crippen LogP contribution < -0.4 is 0 Å². The monoisotopic (exact) mass is 633 g/mol. The van der Waals surface area contributed by atoms with Gasteiger partial charge in [0.05, 0.1) is 40.4 Å². The predicted molar refractivity (Wildman–Crippen MR) is 170 cm³/mol. The van der Waals surface area contributed by atoms with Crippen LogP contribution in [0.5, 0.6) is 0 Å². The Hall–Kier alpha value is -5.88. The van der Waals surface area contributed by atoms with Crippen molar-refractivity contribution in [3.05, 3.63) is 132 Å². The summed E-state index contributed by atoms with van der Waals surface area (Å²) < 4.78 is 25.8. The van der Waals surface area contributed by atoms with E-state index < -0.39 is 42.3 Å². The number of benzene rings is 3. The van der Waals surface area contributed by atoms with Gasteiger partial charge in [-0.1, -0.05) is 54.6 Å². The zero-order valence-electron chi connectivity index (χ0n) is 25.6. The number of hydrogen-bond donors (Lipinski definition) is 0. The quantitative estimate of drug-likeness (QED) is 0.0922. The molecular weight excluding hydrogens is 602 g/mol. The number of fused-ring (bicyclic) bond motifs is 1. The van der Waals surface area contributed by atoms with Crippen molar-refractivity contribution in [2.45, 2.75) is 24.4 Å². The van der Waals surface area contributed by atoms with E-state index in [0.29, 0.717) is 22.3 Å². The van der Waals surface area contributed by atoms with Crippen LogP contribution in [-0.4, -0.2) is 82.8 Å². The Morgan fingerprint density at radius 2 is 1.34 bits per heavy atom. The van der Waals surface area contributed by atoms with Crippen LogP contribution in [0.2, 0.25) is 0 Å². The fourth-order valence-electron chi connectivity index (χ4n) is 5.07. The van der Waals surface area contributed by atoms with Crippen LogP contribution in [0.15, 0.2) is 114 Å². The Balaban J connectivity index is 1.38. The normalized spacial score (nSPS) is 19.0. The molecule has 0 N–H and O–H groups in total. The Labute approximate surface area is 270 Å². The molecule has 2 aromatic heterocycles. The average molecular weight is 634 g/mol. The highest BCUT2D eigenvalue weighted by Gasteiger charge is 2.52. The molecule has 0 spiro atoms. The Morgan fingerprint density at radius 3 is 1.91 bits per heavy atom. The van der Waals surface area contributed by atoms with Crippen molar-refractivity contribution in [1.82, 2.24) is 19.5 Å². The van der Waals surface area contributed by atoms with Gasteiger partial charge in [-0.15, -0.1) is 5.10 Å². The molecule has 3 aromatic carbocycles. The molecule has 0 bridgehead atoms. The first-order chi connectivity index (χ1) is 22.9. The zero-order chi connectivity index (χ0) is 32.8. The van der Waals surface area contributed by atoms with E-state index in [2.05, 4.69) is 15.1 Å². The fraction of sp³-hybridized carbons (Fsp3) is 0.200. The second-order valence-electron chi connectivity index (χ2n) is 10.9. The summed E-state index contributed by atoms with van der Waals surface area (Å²) in [4.78, 5) is 50.2. The third kappa shape index (κ3) is 7.18. The van der Waals surface area contributed by atoms with Crippen molar-refractivity contribution >= 4 is 35.7 Å². The van der Waals surface area contributed by atoms with E-state index in [-0.39, 0.29) is 18.1 Å². The summed E-state index contributed by atoms with van der Waals surface area (Å²) in [6, 6.07) is 28.9. The van der Waals surface area contributed by atoms with E-state index in [1.807, 2.05) is 14.1 Å². The third-order valence-corrected chi connectivity index (χ3v) is 7.31. The van der Waals surface area contributed by atoms with Crippen LogP contribution in [0.3, 0.4) is 0 Å². The topological polar surface area (TPSA) is 134 Å². The van der Waals surface area contributed by atoms with Crippen LogP contribution in [0.4, 0.5) is 5.95 Å². The molecule has 4 unspecified atom stereocenters. The number of aromatic nitrogens is 3. The van der Waals surface area contributed by atoms with Crippen LogP contribution in [-0.2, 0) is 18.9 Å². The Bertz CT molecular complexity index is 1880. The molecule has 1 aliphatic heterocycles. The van der Waals surface area contributed by atoms with E-state index in [4.69, 9.17) is 18.9 Å². The highest BCUT2D eigenvalue weighted by Crippen LogP contribution is 2.39.